The van der Waals surface area contributed by atoms with Crippen molar-refractivity contribution in [2.45, 2.75) is 52.1 Å². The average Bonchev–Trinajstić information content (AvgIpc) is 2.46. The first-order chi connectivity index (χ1) is 9.54. The summed E-state index contributed by atoms with van der Waals surface area (Å²) in [5.41, 5.74) is 1.46. The topological polar surface area (TPSA) is 28.2 Å². The molecule has 112 valence electrons. The van der Waals surface area contributed by atoms with Crippen LogP contribution in [0.2, 0.25) is 0 Å². The highest BCUT2D eigenvalue weighted by Gasteiger charge is 2.35. The second kappa shape index (κ2) is 6.68. The van der Waals surface area contributed by atoms with Crippen LogP contribution in [0.25, 0.3) is 0 Å². The van der Waals surface area contributed by atoms with Crippen LogP contribution in [0.15, 0.2) is 24.4 Å². The monoisotopic (exact) mass is 275 g/mol. The number of pyridine rings is 1. The second-order valence-electron chi connectivity index (χ2n) is 6.65. The maximum atomic E-state index is 4.45. The lowest BCUT2D eigenvalue weighted by molar-refractivity contribution is 0.0611. The fourth-order valence-corrected chi connectivity index (χ4v) is 3.04. The lowest BCUT2D eigenvalue weighted by Gasteiger charge is -2.47. The van der Waals surface area contributed by atoms with Gasteiger partial charge in [-0.25, -0.2) is 0 Å². The third-order valence-corrected chi connectivity index (χ3v) is 4.69. The van der Waals surface area contributed by atoms with Gasteiger partial charge >= 0.3 is 0 Å². The predicted octanol–water partition coefficient (Wildman–Crippen LogP) is 2.72. The van der Waals surface area contributed by atoms with E-state index in [1.807, 2.05) is 12.3 Å². The maximum absolute atomic E-state index is 4.45. The van der Waals surface area contributed by atoms with Gasteiger partial charge in [0.1, 0.15) is 0 Å². The number of nitrogens with zero attached hydrogens (tertiary/aromatic N) is 2. The molecule has 0 saturated carbocycles. The van der Waals surface area contributed by atoms with Crippen molar-refractivity contribution >= 4 is 0 Å². The highest BCUT2D eigenvalue weighted by Crippen LogP contribution is 2.22. The summed E-state index contributed by atoms with van der Waals surface area (Å²) >= 11 is 0. The molecule has 2 atom stereocenters. The van der Waals surface area contributed by atoms with Crippen LogP contribution < -0.4 is 5.32 Å². The van der Waals surface area contributed by atoms with E-state index in [2.05, 4.69) is 55.0 Å². The molecule has 1 aliphatic rings. The Morgan fingerprint density at radius 3 is 2.85 bits per heavy atom. The van der Waals surface area contributed by atoms with E-state index in [-0.39, 0.29) is 5.54 Å². The Balaban J connectivity index is 2.00. The zero-order valence-corrected chi connectivity index (χ0v) is 13.4. The lowest BCUT2D eigenvalue weighted by atomic mass is 9.89. The number of piperazine rings is 1. The Labute approximate surface area is 123 Å². The summed E-state index contributed by atoms with van der Waals surface area (Å²) in [5, 5.41) is 3.75. The van der Waals surface area contributed by atoms with E-state index in [0.717, 1.165) is 26.1 Å². The molecule has 1 N–H and O–H groups in total. The fraction of sp³-hybridized carbons (Fsp3) is 0.706. The molecule has 1 aromatic heterocycles. The molecule has 1 saturated heterocycles. The first-order valence-electron chi connectivity index (χ1n) is 7.93. The van der Waals surface area contributed by atoms with Crippen molar-refractivity contribution in [2.75, 3.05) is 19.6 Å². The van der Waals surface area contributed by atoms with Gasteiger partial charge in [0, 0.05) is 49.5 Å². The van der Waals surface area contributed by atoms with Gasteiger partial charge in [-0.2, -0.15) is 0 Å². The Hall–Kier alpha value is -0.930. The SMILES string of the molecule is CCC1(C)CN(CCc2ccccn2)C(C(C)C)CN1. The quantitative estimate of drug-likeness (QED) is 0.895. The molecule has 0 bridgehead atoms. The van der Waals surface area contributed by atoms with Crippen LogP contribution in [0.3, 0.4) is 0 Å². The lowest BCUT2D eigenvalue weighted by Crippen LogP contribution is -2.64. The number of rotatable bonds is 5. The summed E-state index contributed by atoms with van der Waals surface area (Å²) in [6.45, 7) is 12.6. The van der Waals surface area contributed by atoms with Gasteiger partial charge < -0.3 is 5.32 Å². The summed E-state index contributed by atoms with van der Waals surface area (Å²) in [7, 11) is 0. The first-order valence-corrected chi connectivity index (χ1v) is 7.93. The van der Waals surface area contributed by atoms with Crippen molar-refractivity contribution in [2.24, 2.45) is 5.92 Å². The van der Waals surface area contributed by atoms with Gasteiger partial charge in [0.15, 0.2) is 0 Å². The summed E-state index contributed by atoms with van der Waals surface area (Å²) in [5.74, 6) is 0.688. The van der Waals surface area contributed by atoms with E-state index in [9.17, 15) is 0 Å². The third kappa shape index (κ3) is 3.80. The standard InChI is InChI=1S/C17H29N3/c1-5-17(4)13-20(16(12-19-17)14(2)3)11-9-15-8-6-7-10-18-15/h6-8,10,14,16,19H,5,9,11-13H2,1-4H3. The minimum Gasteiger partial charge on any atom is -0.309 e. The molecule has 1 fully saturated rings. The largest absolute Gasteiger partial charge is 0.309 e. The summed E-state index contributed by atoms with van der Waals surface area (Å²) < 4.78 is 0. The first kappa shape index (κ1) is 15.5. The zero-order valence-electron chi connectivity index (χ0n) is 13.4. The van der Waals surface area contributed by atoms with E-state index in [1.54, 1.807) is 0 Å². The molecule has 0 amide bonds. The number of hydrogen-bond donors (Lipinski definition) is 1. The Kier molecular flexibility index (Phi) is 5.17. The van der Waals surface area contributed by atoms with Gasteiger partial charge in [-0.1, -0.05) is 26.8 Å². The van der Waals surface area contributed by atoms with Gasteiger partial charge in [0.25, 0.3) is 0 Å². The van der Waals surface area contributed by atoms with Crippen molar-refractivity contribution < 1.29 is 0 Å². The smallest absolute Gasteiger partial charge is 0.0416 e. The molecule has 0 aromatic carbocycles. The van der Waals surface area contributed by atoms with Crippen molar-refractivity contribution in [3.05, 3.63) is 30.1 Å². The third-order valence-electron chi connectivity index (χ3n) is 4.69. The van der Waals surface area contributed by atoms with Crippen LogP contribution in [0.5, 0.6) is 0 Å². The zero-order chi connectivity index (χ0) is 14.6. The molecular formula is C17H29N3. The van der Waals surface area contributed by atoms with Crippen LogP contribution in [0.1, 0.15) is 39.8 Å². The Bertz CT molecular complexity index is 404. The normalized spacial score (nSPS) is 27.9. The minimum atomic E-state index is 0.259. The van der Waals surface area contributed by atoms with Gasteiger partial charge in [-0.3, -0.25) is 9.88 Å². The van der Waals surface area contributed by atoms with Gasteiger partial charge in [0.2, 0.25) is 0 Å². The molecule has 1 aliphatic heterocycles. The van der Waals surface area contributed by atoms with Gasteiger partial charge in [-0.05, 0) is 31.4 Å². The van der Waals surface area contributed by atoms with E-state index < -0.39 is 0 Å². The Morgan fingerprint density at radius 1 is 1.45 bits per heavy atom. The second-order valence-corrected chi connectivity index (χ2v) is 6.65. The van der Waals surface area contributed by atoms with Crippen LogP contribution >= 0.6 is 0 Å². The van der Waals surface area contributed by atoms with E-state index in [1.165, 1.54) is 12.1 Å². The molecule has 3 heteroatoms. The molecule has 2 unspecified atom stereocenters. The molecule has 0 aliphatic carbocycles. The van der Waals surface area contributed by atoms with Gasteiger partial charge in [-0.15, -0.1) is 0 Å². The average molecular weight is 275 g/mol. The highest BCUT2D eigenvalue weighted by atomic mass is 15.3. The van der Waals surface area contributed by atoms with E-state index in [4.69, 9.17) is 0 Å². The molecule has 3 nitrogen and oxygen atoms in total. The predicted molar refractivity (Wildman–Crippen MR) is 84.8 cm³/mol. The van der Waals surface area contributed by atoms with Crippen molar-refractivity contribution in [1.82, 2.24) is 15.2 Å². The van der Waals surface area contributed by atoms with Crippen LogP contribution in [-0.2, 0) is 6.42 Å². The number of hydrogen-bond acceptors (Lipinski definition) is 3. The summed E-state index contributed by atoms with van der Waals surface area (Å²) in [4.78, 5) is 7.11. The van der Waals surface area contributed by atoms with Crippen LogP contribution in [0.4, 0.5) is 0 Å². The summed E-state index contributed by atoms with van der Waals surface area (Å²) in [6.07, 6.45) is 4.12. The van der Waals surface area contributed by atoms with E-state index >= 15 is 0 Å². The Morgan fingerprint density at radius 2 is 2.25 bits per heavy atom. The molecule has 2 rings (SSSR count). The minimum absolute atomic E-state index is 0.259. The number of nitrogens with one attached hydrogen (secondary N) is 1. The molecule has 2 heterocycles. The molecular weight excluding hydrogens is 246 g/mol. The maximum Gasteiger partial charge on any atom is 0.0416 e. The summed E-state index contributed by atoms with van der Waals surface area (Å²) in [6, 6.07) is 6.83. The van der Waals surface area contributed by atoms with E-state index in [0.29, 0.717) is 12.0 Å². The van der Waals surface area contributed by atoms with Crippen molar-refractivity contribution in [3.8, 4) is 0 Å². The fourth-order valence-electron chi connectivity index (χ4n) is 3.04. The van der Waals surface area contributed by atoms with Gasteiger partial charge in [0.05, 0.1) is 0 Å². The van der Waals surface area contributed by atoms with Crippen molar-refractivity contribution in [3.63, 3.8) is 0 Å². The highest BCUT2D eigenvalue weighted by molar-refractivity contribution is 5.04. The van der Waals surface area contributed by atoms with Crippen LogP contribution in [0, 0.1) is 5.92 Å². The number of aromatic nitrogens is 1. The molecule has 1 aromatic rings. The van der Waals surface area contributed by atoms with Crippen LogP contribution in [-0.4, -0.2) is 41.1 Å². The molecule has 0 spiro atoms. The van der Waals surface area contributed by atoms with Crippen molar-refractivity contribution in [1.29, 1.82) is 0 Å². The molecule has 20 heavy (non-hydrogen) atoms. The molecule has 0 radical (unpaired) electrons.